The fraction of sp³-hybridized carbons (Fsp3) is 0.500. The molecule has 0 heterocycles. The van der Waals surface area contributed by atoms with E-state index >= 15 is 0 Å². The van der Waals surface area contributed by atoms with E-state index in [1.165, 1.54) is 11.1 Å². The highest BCUT2D eigenvalue weighted by Gasteiger charge is 2.32. The largest absolute Gasteiger partial charge is 0.369 e. The zero-order valence-corrected chi connectivity index (χ0v) is 12.7. The lowest BCUT2D eigenvalue weighted by molar-refractivity contribution is -0.129. The van der Waals surface area contributed by atoms with Crippen molar-refractivity contribution in [1.82, 2.24) is 5.32 Å². The summed E-state index contributed by atoms with van der Waals surface area (Å²) in [6.45, 7) is 7.31. The van der Waals surface area contributed by atoms with Gasteiger partial charge in [-0.25, -0.2) is 0 Å². The average molecular weight is 276 g/mol. The molecule has 0 fully saturated rings. The number of primary amides is 1. The fourth-order valence-electron chi connectivity index (χ4n) is 1.85. The molecule has 0 aromatic heterocycles. The maximum Gasteiger partial charge on any atom is 0.225 e. The second-order valence-corrected chi connectivity index (χ2v) is 5.80. The van der Waals surface area contributed by atoms with Gasteiger partial charge in [-0.1, -0.05) is 24.3 Å². The number of rotatable bonds is 6. The van der Waals surface area contributed by atoms with Crippen molar-refractivity contribution < 1.29 is 9.59 Å². The third-order valence-corrected chi connectivity index (χ3v) is 3.98. The normalized spacial score (nSPS) is 12.8. The molecule has 1 rings (SSSR count). The van der Waals surface area contributed by atoms with Gasteiger partial charge in [-0.2, -0.15) is 0 Å². The van der Waals surface area contributed by atoms with Gasteiger partial charge < -0.3 is 11.1 Å². The first-order valence-electron chi connectivity index (χ1n) is 6.89. The van der Waals surface area contributed by atoms with Crippen LogP contribution in [0.15, 0.2) is 24.3 Å². The standard InChI is InChI=1S/C16H24N2O2/c1-11-7-5-6-8-13(11)9-10-14(19)18-12(2)16(3,4)15(17)20/h5-8,12H,9-10H2,1-4H3,(H2,17,20)(H,18,19)/t12-/m1/s1. The molecule has 3 N–H and O–H groups in total. The maximum absolute atomic E-state index is 11.9. The zero-order chi connectivity index (χ0) is 15.3. The van der Waals surface area contributed by atoms with Gasteiger partial charge in [0.15, 0.2) is 0 Å². The lowest BCUT2D eigenvalue weighted by atomic mass is 9.84. The summed E-state index contributed by atoms with van der Waals surface area (Å²) in [5, 5.41) is 2.85. The molecule has 0 aliphatic carbocycles. The molecule has 1 aromatic rings. The molecule has 4 nitrogen and oxygen atoms in total. The van der Waals surface area contributed by atoms with E-state index in [-0.39, 0.29) is 11.9 Å². The highest BCUT2D eigenvalue weighted by atomic mass is 16.2. The van der Waals surface area contributed by atoms with Gasteiger partial charge in [-0.15, -0.1) is 0 Å². The Kier molecular flexibility index (Phi) is 5.31. The number of carbonyl (C=O) groups excluding carboxylic acids is 2. The molecule has 110 valence electrons. The van der Waals surface area contributed by atoms with Crippen LogP contribution in [0.25, 0.3) is 0 Å². The Labute approximate surface area is 120 Å². The van der Waals surface area contributed by atoms with Gasteiger partial charge in [0.2, 0.25) is 11.8 Å². The fourth-order valence-corrected chi connectivity index (χ4v) is 1.85. The first-order valence-corrected chi connectivity index (χ1v) is 6.89. The number of hydrogen-bond donors (Lipinski definition) is 2. The zero-order valence-electron chi connectivity index (χ0n) is 12.7. The Bertz CT molecular complexity index is 495. The topological polar surface area (TPSA) is 72.2 Å². The van der Waals surface area contributed by atoms with E-state index in [0.717, 1.165) is 0 Å². The summed E-state index contributed by atoms with van der Waals surface area (Å²) in [6.07, 6.45) is 1.10. The maximum atomic E-state index is 11.9. The third-order valence-electron chi connectivity index (χ3n) is 3.98. The molecule has 20 heavy (non-hydrogen) atoms. The van der Waals surface area contributed by atoms with E-state index in [4.69, 9.17) is 5.73 Å². The van der Waals surface area contributed by atoms with Crippen LogP contribution in [0.4, 0.5) is 0 Å². The van der Waals surface area contributed by atoms with Gasteiger partial charge in [-0.3, -0.25) is 9.59 Å². The van der Waals surface area contributed by atoms with Crippen LogP contribution in [-0.2, 0) is 16.0 Å². The van der Waals surface area contributed by atoms with E-state index in [1.807, 2.05) is 31.2 Å². The second kappa shape index (κ2) is 6.55. The SMILES string of the molecule is Cc1ccccc1CCC(=O)N[C@H](C)C(C)(C)C(N)=O. The van der Waals surface area contributed by atoms with Crippen LogP contribution in [0.5, 0.6) is 0 Å². The quantitative estimate of drug-likeness (QED) is 0.833. The molecule has 0 aliphatic rings. The molecule has 0 saturated carbocycles. The summed E-state index contributed by atoms with van der Waals surface area (Å²) in [6, 6.07) is 7.73. The van der Waals surface area contributed by atoms with Crippen molar-refractivity contribution in [2.24, 2.45) is 11.1 Å². The molecule has 0 spiro atoms. The summed E-state index contributed by atoms with van der Waals surface area (Å²) in [4.78, 5) is 23.3. The van der Waals surface area contributed by atoms with Crippen LogP contribution in [-0.4, -0.2) is 17.9 Å². The first-order chi connectivity index (χ1) is 9.25. The van der Waals surface area contributed by atoms with Gasteiger partial charge in [0.05, 0.1) is 5.41 Å². The molecule has 0 saturated heterocycles. The van der Waals surface area contributed by atoms with Crippen LogP contribution in [0, 0.1) is 12.3 Å². The number of benzene rings is 1. The van der Waals surface area contributed by atoms with Crippen LogP contribution in [0.2, 0.25) is 0 Å². The summed E-state index contributed by atoms with van der Waals surface area (Å²) in [5.74, 6) is -0.473. The van der Waals surface area contributed by atoms with Crippen molar-refractivity contribution in [2.45, 2.75) is 46.6 Å². The van der Waals surface area contributed by atoms with Crippen LogP contribution in [0.1, 0.15) is 38.3 Å². The molecule has 0 unspecified atom stereocenters. The molecule has 1 atom stereocenters. The van der Waals surface area contributed by atoms with Gasteiger partial charge in [0, 0.05) is 12.5 Å². The molecule has 4 heteroatoms. The molecule has 2 amide bonds. The predicted octanol–water partition coefficient (Wildman–Crippen LogP) is 1.94. The first kappa shape index (κ1) is 16.2. The number of nitrogens with one attached hydrogen (secondary N) is 1. The van der Waals surface area contributed by atoms with Gasteiger partial charge in [0.25, 0.3) is 0 Å². The molecule has 0 radical (unpaired) electrons. The Hall–Kier alpha value is -1.84. The number of hydrogen-bond acceptors (Lipinski definition) is 2. The van der Waals surface area contributed by atoms with Crippen molar-refractivity contribution in [3.8, 4) is 0 Å². The van der Waals surface area contributed by atoms with E-state index in [1.54, 1.807) is 20.8 Å². The van der Waals surface area contributed by atoms with E-state index < -0.39 is 11.3 Å². The van der Waals surface area contributed by atoms with E-state index in [0.29, 0.717) is 12.8 Å². The third kappa shape index (κ3) is 4.08. The minimum Gasteiger partial charge on any atom is -0.369 e. The van der Waals surface area contributed by atoms with Crippen LogP contribution < -0.4 is 11.1 Å². The predicted molar refractivity (Wildman–Crippen MR) is 80.1 cm³/mol. The number of amides is 2. The van der Waals surface area contributed by atoms with E-state index in [9.17, 15) is 9.59 Å². The van der Waals surface area contributed by atoms with Gasteiger partial charge in [-0.05, 0) is 45.2 Å². The van der Waals surface area contributed by atoms with Crippen LogP contribution in [0.3, 0.4) is 0 Å². The lowest BCUT2D eigenvalue weighted by Crippen LogP contribution is -2.49. The highest BCUT2D eigenvalue weighted by Crippen LogP contribution is 2.19. The number of carbonyl (C=O) groups is 2. The van der Waals surface area contributed by atoms with Crippen molar-refractivity contribution >= 4 is 11.8 Å². The van der Waals surface area contributed by atoms with Crippen molar-refractivity contribution in [1.29, 1.82) is 0 Å². The summed E-state index contributed by atoms with van der Waals surface area (Å²) in [7, 11) is 0. The minimum atomic E-state index is -0.752. The molecule has 0 aliphatic heterocycles. The Morgan fingerprint density at radius 2 is 1.90 bits per heavy atom. The minimum absolute atomic E-state index is 0.0601. The van der Waals surface area contributed by atoms with E-state index in [2.05, 4.69) is 5.32 Å². The Morgan fingerprint density at radius 3 is 2.45 bits per heavy atom. The van der Waals surface area contributed by atoms with Crippen molar-refractivity contribution in [2.75, 3.05) is 0 Å². The molecule has 1 aromatic carbocycles. The Morgan fingerprint density at radius 1 is 1.30 bits per heavy atom. The highest BCUT2D eigenvalue weighted by molar-refractivity contribution is 5.82. The van der Waals surface area contributed by atoms with Crippen molar-refractivity contribution in [3.63, 3.8) is 0 Å². The number of aryl methyl sites for hydroxylation is 2. The summed E-state index contributed by atoms with van der Waals surface area (Å²) < 4.78 is 0. The van der Waals surface area contributed by atoms with Gasteiger partial charge in [0.1, 0.15) is 0 Å². The molecular formula is C16H24N2O2. The molecular weight excluding hydrogens is 252 g/mol. The smallest absolute Gasteiger partial charge is 0.225 e. The van der Waals surface area contributed by atoms with Gasteiger partial charge >= 0.3 is 0 Å². The average Bonchev–Trinajstić information content (AvgIpc) is 2.37. The number of nitrogens with two attached hydrogens (primary N) is 1. The monoisotopic (exact) mass is 276 g/mol. The Balaban J connectivity index is 2.53. The van der Waals surface area contributed by atoms with Crippen molar-refractivity contribution in [3.05, 3.63) is 35.4 Å². The molecule has 0 bridgehead atoms. The lowest BCUT2D eigenvalue weighted by Gasteiger charge is -2.29. The second-order valence-electron chi connectivity index (χ2n) is 5.80. The summed E-state index contributed by atoms with van der Waals surface area (Å²) in [5.41, 5.74) is 6.95. The van der Waals surface area contributed by atoms with Crippen LogP contribution >= 0.6 is 0 Å². The summed E-state index contributed by atoms with van der Waals surface area (Å²) >= 11 is 0.